The summed E-state index contributed by atoms with van der Waals surface area (Å²) < 4.78 is 48.9. The molecule has 0 radical (unpaired) electrons. The summed E-state index contributed by atoms with van der Waals surface area (Å²) in [4.78, 5) is 26.9. The van der Waals surface area contributed by atoms with Gasteiger partial charge in [-0.05, 0) is 57.0 Å². The van der Waals surface area contributed by atoms with Crippen LogP contribution in [0.3, 0.4) is 0 Å². The Morgan fingerprint density at radius 2 is 1.74 bits per heavy atom. The van der Waals surface area contributed by atoms with Gasteiger partial charge in [-0.2, -0.15) is 18.4 Å². The van der Waals surface area contributed by atoms with Gasteiger partial charge >= 0.3 is 5.91 Å². The highest BCUT2D eigenvalue weighted by molar-refractivity contribution is 7.89. The third-order valence-corrected chi connectivity index (χ3v) is 6.57. The number of nitrogens with one attached hydrogen (secondary N) is 3. The van der Waals surface area contributed by atoms with Crippen molar-refractivity contribution >= 4 is 27.5 Å². The van der Waals surface area contributed by atoms with Crippen molar-refractivity contribution in [3.8, 4) is 0 Å². The van der Waals surface area contributed by atoms with Crippen molar-refractivity contribution in [3.63, 3.8) is 0 Å². The molecule has 0 spiro atoms. The summed E-state index contributed by atoms with van der Waals surface area (Å²) in [5, 5.41) is 4.06. The fourth-order valence-electron chi connectivity index (χ4n) is 3.64. The number of amides is 2. The van der Waals surface area contributed by atoms with Gasteiger partial charge in [0, 0.05) is 17.5 Å². The van der Waals surface area contributed by atoms with Crippen LogP contribution in [0, 0.1) is 19.7 Å². The van der Waals surface area contributed by atoms with Crippen molar-refractivity contribution in [2.75, 3.05) is 0 Å². The number of rotatable bonds is 5. The Kier molecular flexibility index (Phi) is 6.24. The number of hydrazine groups is 1. The first-order valence-corrected chi connectivity index (χ1v) is 11.8. The molecular weight excluding hydrogens is 467 g/mol. The Morgan fingerprint density at radius 3 is 2.41 bits per heavy atom. The van der Waals surface area contributed by atoms with Crippen LogP contribution in [0.1, 0.15) is 56.4 Å². The highest BCUT2D eigenvalue weighted by Gasteiger charge is 2.29. The summed E-state index contributed by atoms with van der Waals surface area (Å²) in [5.41, 5.74) is 6.29. The van der Waals surface area contributed by atoms with E-state index in [9.17, 15) is 22.4 Å². The van der Waals surface area contributed by atoms with Crippen LogP contribution in [0.2, 0.25) is 0 Å². The van der Waals surface area contributed by atoms with E-state index in [1.807, 2.05) is 0 Å². The minimum atomic E-state index is -4.01. The summed E-state index contributed by atoms with van der Waals surface area (Å²) in [6.45, 7) is 3.27. The van der Waals surface area contributed by atoms with Gasteiger partial charge in [0.05, 0.1) is 22.4 Å². The van der Waals surface area contributed by atoms with Crippen LogP contribution in [-0.2, 0) is 16.4 Å². The summed E-state index contributed by atoms with van der Waals surface area (Å²) in [7, 11) is -4.01. The second-order valence-corrected chi connectivity index (χ2v) is 9.27. The zero-order chi connectivity index (χ0) is 24.5. The van der Waals surface area contributed by atoms with E-state index in [0.717, 1.165) is 24.3 Å². The van der Waals surface area contributed by atoms with E-state index in [-0.39, 0.29) is 16.2 Å². The minimum Gasteiger partial charge on any atom is -0.469 e. The first-order chi connectivity index (χ1) is 16.2. The molecule has 2 aromatic heterocycles. The summed E-state index contributed by atoms with van der Waals surface area (Å²) >= 11 is 0. The molecule has 1 aliphatic carbocycles. The molecule has 2 amide bonds. The second kappa shape index (κ2) is 9.14. The van der Waals surface area contributed by atoms with Crippen LogP contribution in [0.4, 0.5) is 4.39 Å². The number of hydrazone groups is 1. The molecule has 1 aromatic carbocycles. The third kappa shape index (κ3) is 4.57. The van der Waals surface area contributed by atoms with E-state index in [1.54, 1.807) is 13.8 Å². The SMILES string of the molecule is Cc1occc1C(=O)NNC(=O)c1oc2c(c1C)/C(=N/NS(=O)(=O)c1ccc(F)cc1)CCC2. The predicted octanol–water partition coefficient (Wildman–Crippen LogP) is 2.72. The number of benzene rings is 1. The maximum Gasteiger partial charge on any atom is 0.305 e. The second-order valence-electron chi connectivity index (χ2n) is 7.61. The average Bonchev–Trinajstić information content (AvgIpc) is 3.39. The molecule has 2 heterocycles. The molecule has 1 aliphatic rings. The lowest BCUT2D eigenvalue weighted by Gasteiger charge is -2.14. The zero-order valence-corrected chi connectivity index (χ0v) is 19.1. The topological polar surface area (TPSA) is 143 Å². The van der Waals surface area contributed by atoms with Gasteiger partial charge in [0.15, 0.2) is 5.76 Å². The number of furan rings is 2. The van der Waals surface area contributed by atoms with Crippen LogP contribution in [0.25, 0.3) is 0 Å². The summed E-state index contributed by atoms with van der Waals surface area (Å²) in [6, 6.07) is 5.82. The number of aryl methyl sites for hydroxylation is 2. The van der Waals surface area contributed by atoms with Crippen molar-refractivity contribution < 1.29 is 31.2 Å². The molecule has 0 unspecified atom stereocenters. The van der Waals surface area contributed by atoms with Crippen LogP contribution in [0.15, 0.2) is 55.4 Å². The van der Waals surface area contributed by atoms with E-state index in [1.165, 1.54) is 12.3 Å². The minimum absolute atomic E-state index is 0.0230. The molecule has 10 nitrogen and oxygen atoms in total. The van der Waals surface area contributed by atoms with Gasteiger partial charge in [-0.25, -0.2) is 4.39 Å². The monoisotopic (exact) mass is 488 g/mol. The van der Waals surface area contributed by atoms with Gasteiger partial charge in [-0.3, -0.25) is 20.4 Å². The van der Waals surface area contributed by atoms with Crippen molar-refractivity contribution in [1.29, 1.82) is 0 Å². The molecule has 12 heteroatoms. The number of carbonyl (C=O) groups is 2. The molecule has 0 fully saturated rings. The lowest BCUT2D eigenvalue weighted by molar-refractivity contribution is 0.0828. The van der Waals surface area contributed by atoms with Crippen LogP contribution in [0.5, 0.6) is 0 Å². The first-order valence-electron chi connectivity index (χ1n) is 10.3. The number of halogens is 1. The molecule has 4 rings (SSSR count). The van der Waals surface area contributed by atoms with Gasteiger partial charge in [-0.15, -0.1) is 0 Å². The molecule has 0 bridgehead atoms. The standard InChI is InChI=1S/C22H21FN4O6S/c1-12-19-17(24-27-34(30,31)15-8-6-14(23)7-9-15)4-3-5-18(19)33-20(12)22(29)26-25-21(28)16-10-11-32-13(16)2/h6-11,27H,3-5H2,1-2H3,(H,25,28)(H,26,29)/b24-17+. The molecule has 0 atom stereocenters. The highest BCUT2D eigenvalue weighted by Crippen LogP contribution is 2.30. The Balaban J connectivity index is 1.52. The van der Waals surface area contributed by atoms with Crippen LogP contribution < -0.4 is 15.7 Å². The highest BCUT2D eigenvalue weighted by atomic mass is 32.2. The summed E-state index contributed by atoms with van der Waals surface area (Å²) in [6.07, 6.45) is 2.99. The van der Waals surface area contributed by atoms with Gasteiger partial charge < -0.3 is 8.83 Å². The fraction of sp³-hybridized carbons (Fsp3) is 0.227. The zero-order valence-electron chi connectivity index (χ0n) is 18.3. The van der Waals surface area contributed by atoms with Crippen molar-refractivity contribution in [2.24, 2.45) is 5.10 Å². The third-order valence-electron chi connectivity index (χ3n) is 5.35. The maximum atomic E-state index is 13.1. The van der Waals surface area contributed by atoms with Gasteiger partial charge in [0.25, 0.3) is 15.9 Å². The largest absolute Gasteiger partial charge is 0.469 e. The number of carbonyl (C=O) groups excluding carboxylic acids is 2. The molecule has 3 aromatic rings. The molecular formula is C22H21FN4O6S. The number of nitrogens with zero attached hydrogens (tertiary/aromatic N) is 1. The smallest absolute Gasteiger partial charge is 0.305 e. The van der Waals surface area contributed by atoms with Gasteiger partial charge in [0.2, 0.25) is 0 Å². The molecule has 34 heavy (non-hydrogen) atoms. The number of sulfonamides is 1. The van der Waals surface area contributed by atoms with Crippen molar-refractivity contribution in [1.82, 2.24) is 15.7 Å². The predicted molar refractivity (Wildman–Crippen MR) is 118 cm³/mol. The van der Waals surface area contributed by atoms with E-state index in [2.05, 4.69) is 20.8 Å². The van der Waals surface area contributed by atoms with E-state index in [0.29, 0.717) is 47.6 Å². The molecule has 0 aliphatic heterocycles. The number of fused-ring (bicyclic) bond motifs is 1. The quantitative estimate of drug-likeness (QED) is 0.471. The number of hydrogen-bond donors (Lipinski definition) is 3. The van der Waals surface area contributed by atoms with Gasteiger partial charge in [0.1, 0.15) is 17.3 Å². The molecule has 0 saturated heterocycles. The van der Waals surface area contributed by atoms with E-state index in [4.69, 9.17) is 8.83 Å². The molecule has 178 valence electrons. The summed E-state index contributed by atoms with van der Waals surface area (Å²) in [5.74, 6) is -0.909. The Bertz CT molecular complexity index is 1390. The normalized spacial score (nSPS) is 14.5. The first kappa shape index (κ1) is 23.2. The Labute approximate surface area is 194 Å². The molecule has 0 saturated carbocycles. The Morgan fingerprint density at radius 1 is 1.03 bits per heavy atom. The lowest BCUT2D eigenvalue weighted by Crippen LogP contribution is -2.41. The lowest BCUT2D eigenvalue weighted by atomic mass is 9.93. The van der Waals surface area contributed by atoms with Crippen molar-refractivity contribution in [3.05, 3.63) is 76.4 Å². The van der Waals surface area contributed by atoms with Crippen LogP contribution in [-0.4, -0.2) is 25.9 Å². The Hall–Kier alpha value is -3.93. The van der Waals surface area contributed by atoms with E-state index >= 15 is 0 Å². The maximum absolute atomic E-state index is 13.1. The van der Waals surface area contributed by atoms with Gasteiger partial charge in [-0.1, -0.05) is 0 Å². The van der Waals surface area contributed by atoms with Crippen LogP contribution >= 0.6 is 0 Å². The fourth-order valence-corrected chi connectivity index (χ4v) is 4.47. The molecule has 3 N–H and O–H groups in total. The van der Waals surface area contributed by atoms with Crippen molar-refractivity contribution in [2.45, 2.75) is 38.0 Å². The average molecular weight is 488 g/mol. The van der Waals surface area contributed by atoms with E-state index < -0.39 is 27.7 Å². The number of hydrogen-bond acceptors (Lipinski definition) is 7.